The Labute approximate surface area is 163 Å². The predicted octanol–water partition coefficient (Wildman–Crippen LogP) is 3.20. The Hall–Kier alpha value is -2.39. The molecule has 0 unspecified atom stereocenters. The van der Waals surface area contributed by atoms with Crippen LogP contribution in [0.4, 0.5) is 20.2 Å². The van der Waals surface area contributed by atoms with E-state index >= 15 is 0 Å². The number of nitrogens with one attached hydrogen (secondary N) is 2. The molecule has 0 spiro atoms. The first-order valence-corrected chi connectivity index (χ1v) is 10.5. The number of anilines is 2. The Morgan fingerprint density at radius 3 is 2.75 bits per heavy atom. The molecule has 1 saturated heterocycles. The molecule has 3 rings (SSSR count). The third-order valence-electron chi connectivity index (χ3n) is 4.48. The number of ether oxygens (including phenoxy) is 1. The van der Waals surface area contributed by atoms with Crippen LogP contribution in [0.1, 0.15) is 12.0 Å². The molecular weight excluding hydrogens is 388 g/mol. The molecule has 0 aliphatic carbocycles. The van der Waals surface area contributed by atoms with Crippen molar-refractivity contribution in [3.8, 4) is 5.75 Å². The summed E-state index contributed by atoms with van der Waals surface area (Å²) in [6.45, 7) is 2.39. The maximum Gasteiger partial charge on any atom is 0.387 e. The Morgan fingerprint density at radius 2 is 1.96 bits per heavy atom. The highest BCUT2D eigenvalue weighted by Gasteiger charge is 2.19. The maximum atomic E-state index is 12.8. The number of sulfonamides is 1. The molecule has 2 N–H and O–H groups in total. The van der Waals surface area contributed by atoms with Gasteiger partial charge in [-0.2, -0.15) is 8.78 Å². The van der Waals surface area contributed by atoms with E-state index in [0.717, 1.165) is 43.9 Å². The zero-order chi connectivity index (χ0) is 20.1. The zero-order valence-corrected chi connectivity index (χ0v) is 16.3. The fourth-order valence-electron chi connectivity index (χ4n) is 3.13. The van der Waals surface area contributed by atoms with Gasteiger partial charge in [-0.25, -0.2) is 8.42 Å². The topological polar surface area (TPSA) is 70.7 Å². The van der Waals surface area contributed by atoms with Gasteiger partial charge in [0.05, 0.1) is 10.6 Å². The minimum Gasteiger partial charge on any atom is -0.435 e. The number of halogens is 2. The second kappa shape index (κ2) is 8.74. The molecule has 1 aliphatic rings. The minimum atomic E-state index is -3.88. The number of aryl methyl sites for hydroxylation is 1. The molecule has 1 heterocycles. The van der Waals surface area contributed by atoms with E-state index < -0.39 is 16.6 Å². The molecule has 0 aromatic heterocycles. The summed E-state index contributed by atoms with van der Waals surface area (Å²) in [4.78, 5) is 2.29. The molecule has 2 aromatic rings. The lowest BCUT2D eigenvalue weighted by molar-refractivity contribution is -0.0497. The van der Waals surface area contributed by atoms with Crippen molar-refractivity contribution in [3.05, 3.63) is 48.0 Å². The molecule has 28 heavy (non-hydrogen) atoms. The molecule has 0 saturated carbocycles. The third kappa shape index (κ3) is 5.11. The van der Waals surface area contributed by atoms with E-state index in [4.69, 9.17) is 0 Å². The minimum absolute atomic E-state index is 0.114. The van der Waals surface area contributed by atoms with Gasteiger partial charge >= 0.3 is 6.61 Å². The molecule has 0 amide bonds. The van der Waals surface area contributed by atoms with Gasteiger partial charge in [-0.15, -0.1) is 0 Å². The van der Waals surface area contributed by atoms with E-state index in [-0.39, 0.29) is 16.3 Å². The van der Waals surface area contributed by atoms with E-state index in [0.29, 0.717) is 0 Å². The zero-order valence-electron chi connectivity index (χ0n) is 15.5. The van der Waals surface area contributed by atoms with E-state index in [1.165, 1.54) is 30.3 Å². The van der Waals surface area contributed by atoms with Crippen LogP contribution >= 0.6 is 0 Å². The summed E-state index contributed by atoms with van der Waals surface area (Å²) >= 11 is 0. The molecule has 0 bridgehead atoms. The van der Waals surface area contributed by atoms with Crippen molar-refractivity contribution in [3.63, 3.8) is 0 Å². The van der Waals surface area contributed by atoms with E-state index in [1.807, 2.05) is 6.92 Å². The number of alkyl halides is 2. The average Bonchev–Trinajstić information content (AvgIpc) is 2.90. The van der Waals surface area contributed by atoms with Crippen molar-refractivity contribution in [1.82, 2.24) is 5.32 Å². The van der Waals surface area contributed by atoms with Crippen LogP contribution in [0.25, 0.3) is 0 Å². The van der Waals surface area contributed by atoms with Gasteiger partial charge in [0.25, 0.3) is 10.0 Å². The predicted molar refractivity (Wildman–Crippen MR) is 105 cm³/mol. The SMILES string of the molecule is Cc1ccc(S(=O)(=O)Nc2cccc(OC(F)F)c2)cc1N1CCCNCC1. The second-order valence-corrected chi connectivity index (χ2v) is 8.23. The van der Waals surface area contributed by atoms with Crippen LogP contribution in [0, 0.1) is 6.92 Å². The second-order valence-electron chi connectivity index (χ2n) is 6.55. The average molecular weight is 411 g/mol. The van der Waals surface area contributed by atoms with Crippen LogP contribution in [0.3, 0.4) is 0 Å². The van der Waals surface area contributed by atoms with Gasteiger partial charge in [0.2, 0.25) is 0 Å². The van der Waals surface area contributed by atoms with Gasteiger partial charge in [0.1, 0.15) is 5.75 Å². The lowest BCUT2D eigenvalue weighted by Gasteiger charge is -2.25. The van der Waals surface area contributed by atoms with Crippen molar-refractivity contribution in [1.29, 1.82) is 0 Å². The molecule has 1 fully saturated rings. The van der Waals surface area contributed by atoms with E-state index in [2.05, 4.69) is 19.7 Å². The van der Waals surface area contributed by atoms with Crippen molar-refractivity contribution >= 4 is 21.4 Å². The van der Waals surface area contributed by atoms with Crippen LogP contribution in [0.2, 0.25) is 0 Å². The van der Waals surface area contributed by atoms with Crippen molar-refractivity contribution in [2.45, 2.75) is 24.9 Å². The van der Waals surface area contributed by atoms with Crippen LogP contribution < -0.4 is 19.7 Å². The van der Waals surface area contributed by atoms with Crippen molar-refractivity contribution < 1.29 is 21.9 Å². The van der Waals surface area contributed by atoms with Gasteiger partial charge in [-0.1, -0.05) is 12.1 Å². The molecule has 0 atom stereocenters. The van der Waals surface area contributed by atoms with Gasteiger partial charge in [0.15, 0.2) is 0 Å². The van der Waals surface area contributed by atoms with Crippen LogP contribution in [0.5, 0.6) is 5.75 Å². The quantitative estimate of drug-likeness (QED) is 0.764. The summed E-state index contributed by atoms with van der Waals surface area (Å²) in [6, 6.07) is 10.4. The first kappa shape index (κ1) is 20.3. The lowest BCUT2D eigenvalue weighted by atomic mass is 10.1. The smallest absolute Gasteiger partial charge is 0.387 e. The fraction of sp³-hybridized carbons (Fsp3) is 0.368. The Balaban J connectivity index is 1.84. The fourth-order valence-corrected chi connectivity index (χ4v) is 4.20. The van der Waals surface area contributed by atoms with Crippen LogP contribution in [-0.4, -0.2) is 41.2 Å². The largest absolute Gasteiger partial charge is 0.435 e. The molecule has 2 aromatic carbocycles. The Morgan fingerprint density at radius 1 is 1.14 bits per heavy atom. The first-order chi connectivity index (χ1) is 13.3. The summed E-state index contributed by atoms with van der Waals surface area (Å²) < 4.78 is 57.1. The number of hydrogen-bond acceptors (Lipinski definition) is 5. The highest BCUT2D eigenvalue weighted by atomic mass is 32.2. The summed E-state index contributed by atoms with van der Waals surface area (Å²) in [5.41, 5.74) is 2.02. The van der Waals surface area contributed by atoms with Crippen LogP contribution in [0.15, 0.2) is 47.4 Å². The van der Waals surface area contributed by atoms with E-state index in [9.17, 15) is 17.2 Å². The van der Waals surface area contributed by atoms with Crippen molar-refractivity contribution in [2.24, 2.45) is 0 Å². The number of benzene rings is 2. The van der Waals surface area contributed by atoms with Crippen LogP contribution in [-0.2, 0) is 10.0 Å². The third-order valence-corrected chi connectivity index (χ3v) is 5.86. The highest BCUT2D eigenvalue weighted by molar-refractivity contribution is 7.92. The first-order valence-electron chi connectivity index (χ1n) is 8.99. The Kier molecular flexibility index (Phi) is 6.35. The standard InChI is InChI=1S/C19H23F2N3O3S/c1-14-6-7-17(13-18(14)24-10-3-8-22-9-11-24)28(25,26)23-15-4-2-5-16(12-15)27-19(20)21/h2,4-7,12-13,19,22-23H,3,8-11H2,1H3. The lowest BCUT2D eigenvalue weighted by Crippen LogP contribution is -2.28. The normalized spacial score (nSPS) is 15.4. The molecule has 6 nitrogen and oxygen atoms in total. The summed E-state index contributed by atoms with van der Waals surface area (Å²) in [6.07, 6.45) is 0.978. The van der Waals surface area contributed by atoms with Gasteiger partial charge < -0.3 is 15.0 Å². The van der Waals surface area contributed by atoms with Crippen molar-refractivity contribution in [2.75, 3.05) is 35.8 Å². The molecule has 0 radical (unpaired) electrons. The Bertz CT molecular complexity index is 914. The van der Waals surface area contributed by atoms with Gasteiger partial charge in [-0.05, 0) is 49.7 Å². The molecule has 1 aliphatic heterocycles. The highest BCUT2D eigenvalue weighted by Crippen LogP contribution is 2.27. The summed E-state index contributed by atoms with van der Waals surface area (Å²) in [5.74, 6) is -0.114. The number of hydrogen-bond donors (Lipinski definition) is 2. The van der Waals surface area contributed by atoms with Gasteiger partial charge in [0, 0.05) is 31.4 Å². The summed E-state index contributed by atoms with van der Waals surface area (Å²) in [5, 5.41) is 3.33. The van der Waals surface area contributed by atoms with E-state index in [1.54, 1.807) is 12.1 Å². The number of nitrogens with zero attached hydrogens (tertiary/aromatic N) is 1. The molecule has 152 valence electrons. The van der Waals surface area contributed by atoms with Gasteiger partial charge in [-0.3, -0.25) is 4.72 Å². The monoisotopic (exact) mass is 411 g/mol. The summed E-state index contributed by atoms with van der Waals surface area (Å²) in [7, 11) is -3.88. The maximum absolute atomic E-state index is 12.8. The molecular formula is C19H23F2N3O3S. The number of rotatable bonds is 6. The molecule has 9 heteroatoms.